The first-order valence-corrected chi connectivity index (χ1v) is 7.81. The number of carboxylic acids is 1. The summed E-state index contributed by atoms with van der Waals surface area (Å²) >= 11 is 0. The van der Waals surface area contributed by atoms with Gasteiger partial charge in [-0.15, -0.1) is 0 Å². The molecule has 2 N–H and O–H groups in total. The molecule has 1 heterocycles. The molecule has 0 bridgehead atoms. The van der Waals surface area contributed by atoms with E-state index < -0.39 is 17.7 Å². The lowest BCUT2D eigenvalue weighted by atomic mass is 10.1. The summed E-state index contributed by atoms with van der Waals surface area (Å²) in [6.45, 7) is 5.78. The van der Waals surface area contributed by atoms with E-state index in [1.807, 2.05) is 57.2 Å². The third kappa shape index (κ3) is 5.84. The number of nitrogens with one attached hydrogen (secondary N) is 1. The molecule has 1 amide bonds. The second kappa shape index (κ2) is 7.70. The molecule has 6 heteroatoms. The number of carbonyl (C=O) groups excluding carboxylic acids is 1. The van der Waals surface area contributed by atoms with Gasteiger partial charge in [0.2, 0.25) is 5.76 Å². The first kappa shape index (κ1) is 18.3. The summed E-state index contributed by atoms with van der Waals surface area (Å²) in [5.74, 6) is -0.685. The van der Waals surface area contributed by atoms with Crippen molar-refractivity contribution in [2.24, 2.45) is 0 Å². The van der Waals surface area contributed by atoms with Crippen molar-refractivity contribution in [2.45, 2.75) is 26.4 Å². The quantitative estimate of drug-likeness (QED) is 0.850. The first-order chi connectivity index (χ1) is 11.7. The van der Waals surface area contributed by atoms with E-state index in [-0.39, 0.29) is 5.76 Å². The number of carbonyl (C=O) groups is 2. The largest absolute Gasteiger partial charge is 0.475 e. The van der Waals surface area contributed by atoms with Gasteiger partial charge in [0, 0.05) is 12.1 Å². The van der Waals surface area contributed by atoms with Gasteiger partial charge in [0.15, 0.2) is 0 Å². The van der Waals surface area contributed by atoms with Gasteiger partial charge in [0.1, 0.15) is 11.4 Å². The number of rotatable bonds is 5. The van der Waals surface area contributed by atoms with Gasteiger partial charge in [-0.05, 0) is 38.5 Å². The standard InChI is InChI=1S/C19H21NO5/c1-19(2,3)25-18(23)20-12-4-5-13-6-8-14(9-7-13)15-10-11-16(24-15)17(21)22/h4-11H,12H2,1-3H3,(H,20,23)(H,21,22). The molecule has 0 saturated heterocycles. The van der Waals surface area contributed by atoms with Gasteiger partial charge in [0.05, 0.1) is 0 Å². The Morgan fingerprint density at radius 3 is 2.40 bits per heavy atom. The van der Waals surface area contributed by atoms with Gasteiger partial charge < -0.3 is 19.6 Å². The van der Waals surface area contributed by atoms with Crippen molar-refractivity contribution in [3.05, 3.63) is 53.8 Å². The van der Waals surface area contributed by atoms with Crippen molar-refractivity contribution < 1.29 is 23.8 Å². The van der Waals surface area contributed by atoms with Crippen molar-refractivity contribution in [1.82, 2.24) is 5.32 Å². The maximum absolute atomic E-state index is 11.5. The van der Waals surface area contributed by atoms with Crippen LogP contribution in [0.15, 0.2) is 46.9 Å². The van der Waals surface area contributed by atoms with E-state index in [1.54, 1.807) is 6.07 Å². The minimum atomic E-state index is -1.09. The average Bonchev–Trinajstić information content (AvgIpc) is 3.01. The maximum Gasteiger partial charge on any atom is 0.407 e. The van der Waals surface area contributed by atoms with Crippen LogP contribution in [-0.4, -0.2) is 29.3 Å². The molecule has 0 unspecified atom stereocenters. The third-order valence-corrected chi connectivity index (χ3v) is 3.09. The number of alkyl carbamates (subject to hydrolysis) is 1. The van der Waals surface area contributed by atoms with Crippen molar-refractivity contribution >= 4 is 18.1 Å². The third-order valence-electron chi connectivity index (χ3n) is 3.09. The highest BCUT2D eigenvalue weighted by atomic mass is 16.6. The van der Waals surface area contributed by atoms with Gasteiger partial charge in [0.25, 0.3) is 0 Å². The number of hydrogen-bond acceptors (Lipinski definition) is 4. The number of ether oxygens (including phenoxy) is 1. The van der Waals surface area contributed by atoms with E-state index >= 15 is 0 Å². The fourth-order valence-corrected chi connectivity index (χ4v) is 2.02. The molecule has 0 radical (unpaired) electrons. The van der Waals surface area contributed by atoms with Crippen LogP contribution in [0.4, 0.5) is 4.79 Å². The van der Waals surface area contributed by atoms with Crippen LogP contribution in [0.1, 0.15) is 36.9 Å². The maximum atomic E-state index is 11.5. The molecule has 1 aromatic heterocycles. The summed E-state index contributed by atoms with van der Waals surface area (Å²) in [4.78, 5) is 22.3. The molecule has 0 aliphatic heterocycles. The molecular formula is C19H21NO5. The molecule has 2 aromatic rings. The summed E-state index contributed by atoms with van der Waals surface area (Å²) in [5, 5.41) is 11.5. The number of hydrogen-bond donors (Lipinski definition) is 2. The van der Waals surface area contributed by atoms with Gasteiger partial charge >= 0.3 is 12.1 Å². The highest BCUT2D eigenvalue weighted by Crippen LogP contribution is 2.22. The van der Waals surface area contributed by atoms with E-state index in [1.165, 1.54) is 6.07 Å². The lowest BCUT2D eigenvalue weighted by Gasteiger charge is -2.19. The van der Waals surface area contributed by atoms with Crippen molar-refractivity contribution in [2.75, 3.05) is 6.54 Å². The van der Waals surface area contributed by atoms with Gasteiger partial charge in [-0.3, -0.25) is 0 Å². The Kier molecular flexibility index (Phi) is 5.64. The number of aromatic carboxylic acids is 1. The zero-order valence-electron chi connectivity index (χ0n) is 14.4. The number of amides is 1. The Morgan fingerprint density at radius 2 is 1.84 bits per heavy atom. The number of benzene rings is 1. The van der Waals surface area contributed by atoms with E-state index in [0.29, 0.717) is 12.3 Å². The molecule has 0 fully saturated rings. The van der Waals surface area contributed by atoms with Crippen LogP contribution >= 0.6 is 0 Å². The molecule has 1 aromatic carbocycles. The van der Waals surface area contributed by atoms with Crippen molar-refractivity contribution in [1.29, 1.82) is 0 Å². The molecule has 6 nitrogen and oxygen atoms in total. The highest BCUT2D eigenvalue weighted by Gasteiger charge is 2.15. The van der Waals surface area contributed by atoms with Crippen LogP contribution in [0.5, 0.6) is 0 Å². The van der Waals surface area contributed by atoms with Crippen molar-refractivity contribution in [3.8, 4) is 11.3 Å². The summed E-state index contributed by atoms with van der Waals surface area (Å²) in [6, 6.07) is 10.5. The molecule has 2 rings (SSSR count). The lowest BCUT2D eigenvalue weighted by Crippen LogP contribution is -2.32. The van der Waals surface area contributed by atoms with Crippen LogP contribution in [0, 0.1) is 0 Å². The zero-order chi connectivity index (χ0) is 18.4. The molecule has 25 heavy (non-hydrogen) atoms. The van der Waals surface area contributed by atoms with Gasteiger partial charge in [-0.2, -0.15) is 0 Å². The summed E-state index contributed by atoms with van der Waals surface area (Å²) in [5.41, 5.74) is 1.21. The van der Waals surface area contributed by atoms with Crippen LogP contribution in [0.25, 0.3) is 17.4 Å². The minimum Gasteiger partial charge on any atom is -0.475 e. The molecule has 0 spiro atoms. The van der Waals surface area contributed by atoms with Gasteiger partial charge in [-0.1, -0.05) is 36.4 Å². The van der Waals surface area contributed by atoms with Crippen LogP contribution in [0.2, 0.25) is 0 Å². The van der Waals surface area contributed by atoms with Crippen LogP contribution in [0.3, 0.4) is 0 Å². The molecule has 132 valence electrons. The van der Waals surface area contributed by atoms with E-state index in [9.17, 15) is 9.59 Å². The van der Waals surface area contributed by atoms with Crippen LogP contribution in [-0.2, 0) is 4.74 Å². The van der Waals surface area contributed by atoms with E-state index in [4.69, 9.17) is 14.3 Å². The van der Waals surface area contributed by atoms with Crippen molar-refractivity contribution in [3.63, 3.8) is 0 Å². The lowest BCUT2D eigenvalue weighted by molar-refractivity contribution is 0.0533. The minimum absolute atomic E-state index is 0.0906. The predicted octanol–water partition coefficient (Wildman–Crippen LogP) is 4.18. The first-order valence-electron chi connectivity index (χ1n) is 7.81. The summed E-state index contributed by atoms with van der Waals surface area (Å²) in [6.07, 6.45) is 3.22. The van der Waals surface area contributed by atoms with E-state index in [2.05, 4.69) is 5.32 Å². The smallest absolute Gasteiger partial charge is 0.407 e. The topological polar surface area (TPSA) is 88.8 Å². The Bertz CT molecular complexity index is 766. The van der Waals surface area contributed by atoms with Gasteiger partial charge in [-0.25, -0.2) is 9.59 Å². The monoisotopic (exact) mass is 343 g/mol. The zero-order valence-corrected chi connectivity index (χ0v) is 14.4. The Morgan fingerprint density at radius 1 is 1.16 bits per heavy atom. The SMILES string of the molecule is CC(C)(C)OC(=O)NCC=Cc1ccc(-c2ccc(C(=O)O)o2)cc1. The van der Waals surface area contributed by atoms with E-state index in [0.717, 1.165) is 11.1 Å². The molecule has 0 atom stereocenters. The fraction of sp³-hybridized carbons (Fsp3) is 0.263. The average molecular weight is 343 g/mol. The second-order valence-electron chi connectivity index (χ2n) is 6.38. The Balaban J connectivity index is 1.89. The Hall–Kier alpha value is -3.02. The normalized spacial score (nSPS) is 11.5. The predicted molar refractivity (Wildman–Crippen MR) is 94.4 cm³/mol. The number of furan rings is 1. The number of carboxylic acid groups (broad SMARTS) is 1. The summed E-state index contributed by atoms with van der Waals surface area (Å²) < 4.78 is 10.4. The highest BCUT2D eigenvalue weighted by molar-refractivity contribution is 5.85. The molecular weight excluding hydrogens is 322 g/mol. The van der Waals surface area contributed by atoms with Crippen LogP contribution < -0.4 is 5.32 Å². The molecule has 0 saturated carbocycles. The Labute approximate surface area is 146 Å². The second-order valence-corrected chi connectivity index (χ2v) is 6.38. The fourth-order valence-electron chi connectivity index (χ4n) is 2.02. The molecule has 0 aliphatic carbocycles. The summed E-state index contributed by atoms with van der Waals surface area (Å²) in [7, 11) is 0. The molecule has 0 aliphatic rings.